The third-order valence-electron chi connectivity index (χ3n) is 1.95. The van der Waals surface area contributed by atoms with Crippen molar-refractivity contribution in [2.75, 3.05) is 5.32 Å². The van der Waals surface area contributed by atoms with Crippen LogP contribution in [-0.4, -0.2) is 16.0 Å². The molecule has 0 saturated heterocycles. The summed E-state index contributed by atoms with van der Waals surface area (Å²) in [7, 11) is 0. The summed E-state index contributed by atoms with van der Waals surface area (Å²) in [5, 5.41) is 6.30. The number of carbonyl (C=O) groups excluding carboxylic acids is 1. The summed E-state index contributed by atoms with van der Waals surface area (Å²) in [5.41, 5.74) is 0. The predicted molar refractivity (Wildman–Crippen MR) is 63.5 cm³/mol. The lowest BCUT2D eigenvalue weighted by molar-refractivity contribution is 0.251. The van der Waals surface area contributed by atoms with Crippen molar-refractivity contribution in [1.82, 2.24) is 15.3 Å². The van der Waals surface area contributed by atoms with Crippen molar-refractivity contribution >= 4 is 22.4 Å². The highest BCUT2D eigenvalue weighted by Gasteiger charge is 2.03. The maximum absolute atomic E-state index is 11.5. The number of nitrogens with one attached hydrogen (secondary N) is 3. The molecule has 3 N–H and O–H groups in total. The van der Waals surface area contributed by atoms with Gasteiger partial charge < -0.3 is 10.3 Å². The predicted octanol–water partition coefficient (Wildman–Crippen LogP) is 2.10. The molecule has 0 atom stereocenters. The van der Waals surface area contributed by atoms with E-state index in [4.69, 9.17) is 0 Å². The number of amides is 2. The molecule has 2 amide bonds. The number of thiophene rings is 1. The second kappa shape index (κ2) is 4.80. The van der Waals surface area contributed by atoms with E-state index in [0.717, 1.165) is 10.8 Å². The van der Waals surface area contributed by atoms with Crippen LogP contribution in [0.15, 0.2) is 24.5 Å². The lowest BCUT2D eigenvalue weighted by atomic mass is 10.5. The number of carbonyl (C=O) groups is 1. The van der Waals surface area contributed by atoms with Gasteiger partial charge in [-0.25, -0.2) is 9.78 Å². The molecule has 5 nitrogen and oxygen atoms in total. The minimum absolute atomic E-state index is 0.224. The van der Waals surface area contributed by atoms with E-state index < -0.39 is 0 Å². The van der Waals surface area contributed by atoms with Crippen LogP contribution < -0.4 is 10.6 Å². The monoisotopic (exact) mass is 236 g/mol. The average molecular weight is 236 g/mol. The molecule has 2 heterocycles. The number of imidazole rings is 1. The number of H-pyrrole nitrogens is 1. The second-order valence-corrected chi connectivity index (χ2v) is 4.54. The van der Waals surface area contributed by atoms with E-state index >= 15 is 0 Å². The van der Waals surface area contributed by atoms with E-state index in [2.05, 4.69) is 20.6 Å². The Hall–Kier alpha value is -1.82. The first-order chi connectivity index (χ1) is 7.74. The van der Waals surface area contributed by atoms with E-state index in [1.807, 2.05) is 19.1 Å². The molecule has 0 aliphatic carbocycles. The number of aryl methyl sites for hydroxylation is 1. The van der Waals surface area contributed by atoms with E-state index in [1.165, 1.54) is 4.88 Å². The Morgan fingerprint density at radius 1 is 1.56 bits per heavy atom. The fourth-order valence-electron chi connectivity index (χ4n) is 1.22. The molecule has 0 saturated carbocycles. The zero-order valence-corrected chi connectivity index (χ0v) is 9.60. The SMILES string of the molecule is Cc1ccc(NC(=O)NCc2ncc[nH]2)s1. The van der Waals surface area contributed by atoms with Gasteiger partial charge in [0.1, 0.15) is 5.82 Å². The molecule has 2 aromatic heterocycles. The van der Waals surface area contributed by atoms with Crippen LogP contribution in [0, 0.1) is 6.92 Å². The molecule has 0 bridgehead atoms. The minimum atomic E-state index is -0.224. The Morgan fingerprint density at radius 2 is 2.44 bits per heavy atom. The highest BCUT2D eigenvalue weighted by molar-refractivity contribution is 7.16. The zero-order chi connectivity index (χ0) is 11.4. The Morgan fingerprint density at radius 3 is 3.06 bits per heavy atom. The third kappa shape index (κ3) is 2.83. The number of hydrogen-bond acceptors (Lipinski definition) is 3. The van der Waals surface area contributed by atoms with Gasteiger partial charge in [-0.3, -0.25) is 5.32 Å². The van der Waals surface area contributed by atoms with Crippen molar-refractivity contribution in [3.63, 3.8) is 0 Å². The molecule has 2 rings (SSSR count). The van der Waals surface area contributed by atoms with Gasteiger partial charge in [-0.2, -0.15) is 0 Å². The van der Waals surface area contributed by atoms with E-state index in [9.17, 15) is 4.79 Å². The zero-order valence-electron chi connectivity index (χ0n) is 8.78. The summed E-state index contributed by atoms with van der Waals surface area (Å²) < 4.78 is 0. The maximum Gasteiger partial charge on any atom is 0.320 e. The maximum atomic E-state index is 11.5. The van der Waals surface area contributed by atoms with Gasteiger partial charge in [0.25, 0.3) is 0 Å². The van der Waals surface area contributed by atoms with E-state index in [-0.39, 0.29) is 6.03 Å². The average Bonchev–Trinajstić information content (AvgIpc) is 2.87. The summed E-state index contributed by atoms with van der Waals surface area (Å²) >= 11 is 1.54. The third-order valence-corrected chi connectivity index (χ3v) is 2.86. The van der Waals surface area contributed by atoms with Gasteiger partial charge in [-0.05, 0) is 19.1 Å². The fraction of sp³-hybridized carbons (Fsp3) is 0.200. The highest BCUT2D eigenvalue weighted by atomic mass is 32.1. The van der Waals surface area contributed by atoms with Gasteiger partial charge in [0.2, 0.25) is 0 Å². The number of nitrogens with zero attached hydrogens (tertiary/aromatic N) is 1. The first-order valence-corrected chi connectivity index (χ1v) is 5.65. The van der Waals surface area contributed by atoms with Crippen molar-refractivity contribution in [2.24, 2.45) is 0 Å². The van der Waals surface area contributed by atoms with Crippen molar-refractivity contribution in [2.45, 2.75) is 13.5 Å². The summed E-state index contributed by atoms with van der Waals surface area (Å²) in [6.45, 7) is 2.39. The topological polar surface area (TPSA) is 69.8 Å². The largest absolute Gasteiger partial charge is 0.347 e. The summed E-state index contributed by atoms with van der Waals surface area (Å²) in [6, 6.07) is 3.62. The molecule has 0 spiro atoms. The Labute approximate surface area is 96.9 Å². The van der Waals surface area contributed by atoms with Gasteiger partial charge in [-0.15, -0.1) is 11.3 Å². The molecule has 0 fully saturated rings. The van der Waals surface area contributed by atoms with Crippen LogP contribution in [0.25, 0.3) is 0 Å². The van der Waals surface area contributed by atoms with Crippen molar-refractivity contribution in [1.29, 1.82) is 0 Å². The van der Waals surface area contributed by atoms with Gasteiger partial charge in [0.05, 0.1) is 11.5 Å². The molecule has 84 valence electrons. The van der Waals surface area contributed by atoms with E-state index in [1.54, 1.807) is 23.7 Å². The number of hydrogen-bond donors (Lipinski definition) is 3. The van der Waals surface area contributed by atoms with Crippen LogP contribution >= 0.6 is 11.3 Å². The van der Waals surface area contributed by atoms with Crippen molar-refractivity contribution in [3.8, 4) is 0 Å². The van der Waals surface area contributed by atoms with Gasteiger partial charge in [0, 0.05) is 17.3 Å². The van der Waals surface area contributed by atoms with Crippen LogP contribution in [0.1, 0.15) is 10.7 Å². The van der Waals surface area contributed by atoms with Gasteiger partial charge in [0.15, 0.2) is 0 Å². The Balaban J connectivity index is 1.81. The molecule has 0 aromatic carbocycles. The Bertz CT molecular complexity index is 463. The highest BCUT2D eigenvalue weighted by Crippen LogP contribution is 2.20. The molecule has 0 aliphatic rings. The quantitative estimate of drug-likeness (QED) is 0.763. The molecule has 16 heavy (non-hydrogen) atoms. The first-order valence-electron chi connectivity index (χ1n) is 4.83. The minimum Gasteiger partial charge on any atom is -0.347 e. The number of anilines is 1. The standard InChI is InChI=1S/C10H12N4OS/c1-7-2-3-9(16-7)14-10(15)13-6-8-11-4-5-12-8/h2-5H,6H2,1H3,(H,11,12)(H2,13,14,15). The second-order valence-electron chi connectivity index (χ2n) is 3.25. The lowest BCUT2D eigenvalue weighted by Crippen LogP contribution is -2.28. The molecule has 0 radical (unpaired) electrons. The van der Waals surface area contributed by atoms with E-state index in [0.29, 0.717) is 6.54 Å². The fourth-order valence-corrected chi connectivity index (χ4v) is 1.98. The number of aromatic amines is 1. The van der Waals surface area contributed by atoms with Crippen LogP contribution in [0.3, 0.4) is 0 Å². The molecule has 0 unspecified atom stereocenters. The number of aromatic nitrogens is 2. The lowest BCUT2D eigenvalue weighted by Gasteiger charge is -2.03. The normalized spacial score (nSPS) is 10.1. The van der Waals surface area contributed by atoms with Crippen LogP contribution in [0.2, 0.25) is 0 Å². The summed E-state index contributed by atoms with van der Waals surface area (Å²) in [5.74, 6) is 0.734. The summed E-state index contributed by atoms with van der Waals surface area (Å²) in [4.78, 5) is 19.5. The van der Waals surface area contributed by atoms with Crippen molar-refractivity contribution < 1.29 is 4.79 Å². The summed E-state index contributed by atoms with van der Waals surface area (Å²) in [6.07, 6.45) is 3.37. The Kier molecular flexibility index (Phi) is 3.21. The van der Waals surface area contributed by atoms with Crippen LogP contribution in [0.4, 0.5) is 9.80 Å². The molecule has 2 aromatic rings. The van der Waals surface area contributed by atoms with Gasteiger partial charge >= 0.3 is 6.03 Å². The smallest absolute Gasteiger partial charge is 0.320 e. The molecular weight excluding hydrogens is 224 g/mol. The van der Waals surface area contributed by atoms with Crippen molar-refractivity contribution in [3.05, 3.63) is 35.2 Å². The number of urea groups is 1. The van der Waals surface area contributed by atoms with Gasteiger partial charge in [-0.1, -0.05) is 0 Å². The molecular formula is C10H12N4OS. The molecule has 6 heteroatoms. The van der Waals surface area contributed by atoms with Crippen LogP contribution in [0.5, 0.6) is 0 Å². The number of rotatable bonds is 3. The van der Waals surface area contributed by atoms with Crippen LogP contribution in [-0.2, 0) is 6.54 Å². The molecule has 0 aliphatic heterocycles. The first kappa shape index (κ1) is 10.7.